The van der Waals surface area contributed by atoms with E-state index < -0.39 is 180 Å². The molecule has 0 radical (unpaired) electrons. The van der Waals surface area contributed by atoms with Crippen LogP contribution in [0.1, 0.15) is 30.5 Å². The summed E-state index contributed by atoms with van der Waals surface area (Å²) in [5.41, 5.74) is -28.3. The molecule has 0 heterocycles. The average Bonchev–Trinajstić information content (AvgIpc) is 3.16. The number of benzene rings is 1. The Morgan fingerprint density at radius 3 is 0.887 bits per heavy atom. The number of rotatable bonds is 21. The number of carbonyl (C=O) groups is 2. The van der Waals surface area contributed by atoms with Crippen LogP contribution in [0.5, 0.6) is 0 Å². The van der Waals surface area contributed by atoms with Gasteiger partial charge in [0.15, 0.2) is 0 Å². The predicted octanol–water partition coefficient (Wildman–Crippen LogP) is 10.8. The first-order valence-electron chi connectivity index (χ1n) is 17.4. The second kappa shape index (κ2) is 19.7. The zero-order valence-corrected chi connectivity index (χ0v) is 33.9. The SMILES string of the molecule is C=C(C)C(=O)OCC(O)COC(c1cc(C(F)(F)C(F)(F)C(F)(F)C(F)(F)C(F)(F)C(F)(F)C(F)(F)C(F)(F)F)cc(C(OCC(O)COC(=O)C(=C)C)(C(F)(F)F)C(F)(F)F)c1)(C(F)(F)F)C(F)(F)F. The molecule has 0 aromatic heterocycles. The highest BCUT2D eigenvalue weighted by Crippen LogP contribution is 2.66. The van der Waals surface area contributed by atoms with Gasteiger partial charge in [0.2, 0.25) is 0 Å². The molecule has 0 aliphatic carbocycles. The van der Waals surface area contributed by atoms with E-state index in [1.54, 1.807) is 0 Å². The summed E-state index contributed by atoms with van der Waals surface area (Å²) < 4.78 is 434. The van der Waals surface area contributed by atoms with Crippen LogP contribution in [0.4, 0.5) is 127 Å². The molecule has 2 unspecified atom stereocenters. The molecular formula is C34H25F29O8. The maximum absolute atomic E-state index is 15.8. The summed E-state index contributed by atoms with van der Waals surface area (Å²) in [5, 5.41) is 19.8. The molecule has 2 atom stereocenters. The van der Waals surface area contributed by atoms with Gasteiger partial charge >= 0.3 is 84.3 Å². The van der Waals surface area contributed by atoms with Crippen molar-refractivity contribution >= 4 is 11.9 Å². The predicted molar refractivity (Wildman–Crippen MR) is 169 cm³/mol. The van der Waals surface area contributed by atoms with E-state index in [9.17, 15) is 130 Å². The molecule has 0 saturated heterocycles. The average molecular weight is 1110 g/mol. The molecule has 0 bridgehead atoms. The lowest BCUT2D eigenvalue weighted by atomic mass is 9.80. The highest BCUT2D eigenvalue weighted by molar-refractivity contribution is 5.87. The number of esters is 2. The number of aliphatic hydroxyl groups excluding tert-OH is 2. The van der Waals surface area contributed by atoms with Crippen molar-refractivity contribution < 1.29 is 166 Å². The van der Waals surface area contributed by atoms with Crippen molar-refractivity contribution in [3.63, 3.8) is 0 Å². The maximum atomic E-state index is 15.8. The summed E-state index contributed by atoms with van der Waals surface area (Å²) in [5.74, 6) is -67.8. The normalized spacial score (nSPS) is 15.8. The van der Waals surface area contributed by atoms with E-state index in [2.05, 4.69) is 32.1 Å². The molecule has 37 heteroatoms. The van der Waals surface area contributed by atoms with Gasteiger partial charge in [0.25, 0.3) is 11.2 Å². The van der Waals surface area contributed by atoms with E-state index in [1.165, 1.54) is 0 Å². The van der Waals surface area contributed by atoms with Gasteiger partial charge in [-0.2, -0.15) is 127 Å². The molecule has 71 heavy (non-hydrogen) atoms. The fraction of sp³-hybridized carbons (Fsp3) is 0.647. The molecule has 0 aliphatic rings. The van der Waals surface area contributed by atoms with Gasteiger partial charge in [-0.15, -0.1) is 0 Å². The summed E-state index contributed by atoms with van der Waals surface area (Å²) in [6.45, 7) is -2.07. The van der Waals surface area contributed by atoms with E-state index in [0.717, 1.165) is 13.8 Å². The van der Waals surface area contributed by atoms with Crippen LogP contribution < -0.4 is 0 Å². The van der Waals surface area contributed by atoms with Crippen molar-refractivity contribution in [2.24, 2.45) is 0 Å². The second-order valence-electron chi connectivity index (χ2n) is 14.4. The van der Waals surface area contributed by atoms with Crippen molar-refractivity contribution in [1.29, 1.82) is 0 Å². The lowest BCUT2D eigenvalue weighted by molar-refractivity contribution is -0.462. The van der Waals surface area contributed by atoms with Crippen LogP contribution in [0.2, 0.25) is 0 Å². The Balaban J connectivity index is 4.86. The monoisotopic (exact) mass is 1110 g/mol. The summed E-state index contributed by atoms with van der Waals surface area (Å²) in [4.78, 5) is 23.1. The molecule has 1 rings (SSSR count). The molecule has 0 saturated carbocycles. The third-order valence-corrected chi connectivity index (χ3v) is 8.92. The van der Waals surface area contributed by atoms with Crippen molar-refractivity contribution in [1.82, 2.24) is 0 Å². The maximum Gasteiger partial charge on any atom is 0.460 e. The molecule has 412 valence electrons. The first kappa shape index (κ1) is 64.5. The molecule has 2 N–H and O–H groups in total. The molecule has 1 aromatic carbocycles. The van der Waals surface area contributed by atoms with Gasteiger partial charge in [0, 0.05) is 27.8 Å². The molecular weight excluding hydrogens is 1090 g/mol. The van der Waals surface area contributed by atoms with Gasteiger partial charge in [-0.3, -0.25) is 0 Å². The number of aliphatic hydroxyl groups is 2. The highest BCUT2D eigenvalue weighted by atomic mass is 19.4. The Hall–Kier alpha value is -4.55. The fourth-order valence-electron chi connectivity index (χ4n) is 5.16. The van der Waals surface area contributed by atoms with Crippen LogP contribution in [0.3, 0.4) is 0 Å². The summed E-state index contributed by atoms with van der Waals surface area (Å²) in [6, 6.07) is -6.44. The van der Waals surface area contributed by atoms with Crippen molar-refractivity contribution in [2.45, 2.75) is 110 Å². The summed E-state index contributed by atoms with van der Waals surface area (Å²) in [6.07, 6.45) is -45.9. The van der Waals surface area contributed by atoms with Gasteiger partial charge in [-0.05, 0) is 32.0 Å². The molecule has 8 nitrogen and oxygen atoms in total. The van der Waals surface area contributed by atoms with E-state index in [-0.39, 0.29) is 0 Å². The number of ether oxygens (including phenoxy) is 4. The lowest BCUT2D eigenvalue weighted by Crippen LogP contribution is -2.74. The number of carbonyl (C=O) groups excluding carboxylic acids is 2. The number of hydrogen-bond donors (Lipinski definition) is 2. The van der Waals surface area contributed by atoms with Gasteiger partial charge in [0.1, 0.15) is 25.4 Å². The van der Waals surface area contributed by atoms with Gasteiger partial charge in [0.05, 0.1) is 13.2 Å². The van der Waals surface area contributed by atoms with E-state index in [4.69, 9.17) is 0 Å². The number of alkyl halides is 29. The fourth-order valence-corrected chi connectivity index (χ4v) is 5.16. The standard InChI is InChI=1S/C34H25F29O8/c1-12(2)19(66)68-8-17(64)10-70-21(30(49,50)51,31(52,53)54)14-5-15(22(32(55,56)57,33(58,59)60)71-11-18(65)9-69-20(67)13(3)4)7-16(6-14)23(35,36)24(37,38)25(39,40)26(41,42)27(43,44)28(45,46)29(47,48)34(61,62)63/h5-7,17-18,64-65H,1,3,8-11H2,2,4H3. The zero-order chi connectivity index (χ0) is 57.0. The molecule has 0 spiro atoms. The third-order valence-electron chi connectivity index (χ3n) is 8.92. The van der Waals surface area contributed by atoms with Crippen molar-refractivity contribution in [2.75, 3.05) is 26.4 Å². The van der Waals surface area contributed by atoms with Crippen molar-refractivity contribution in [3.8, 4) is 0 Å². The Labute approximate surface area is 373 Å². The van der Waals surface area contributed by atoms with Crippen molar-refractivity contribution in [3.05, 3.63) is 59.2 Å². The van der Waals surface area contributed by atoms with Gasteiger partial charge in [-0.1, -0.05) is 13.2 Å². The molecule has 0 amide bonds. The minimum atomic E-state index is -9.59. The Morgan fingerprint density at radius 2 is 0.648 bits per heavy atom. The Kier molecular flexibility index (Phi) is 17.9. The van der Waals surface area contributed by atoms with Crippen LogP contribution in [-0.2, 0) is 45.7 Å². The molecule has 0 aliphatic heterocycles. The van der Waals surface area contributed by atoms with Gasteiger partial charge in [-0.25, -0.2) is 9.59 Å². The summed E-state index contributed by atoms with van der Waals surface area (Å²) >= 11 is 0. The van der Waals surface area contributed by atoms with Gasteiger partial charge < -0.3 is 29.2 Å². The smallest absolute Gasteiger partial charge is 0.460 e. The molecule has 1 aromatic rings. The minimum Gasteiger partial charge on any atom is -0.460 e. The number of halogens is 29. The first-order chi connectivity index (χ1) is 31.0. The Bertz CT molecular complexity index is 1980. The Morgan fingerprint density at radius 1 is 0.408 bits per heavy atom. The number of hydrogen-bond acceptors (Lipinski definition) is 8. The summed E-state index contributed by atoms with van der Waals surface area (Å²) in [7, 11) is 0. The molecule has 0 fully saturated rings. The van der Waals surface area contributed by atoms with Crippen LogP contribution in [0, 0.1) is 0 Å². The highest BCUT2D eigenvalue weighted by Gasteiger charge is 2.95. The van der Waals surface area contributed by atoms with Crippen LogP contribution >= 0.6 is 0 Å². The van der Waals surface area contributed by atoms with Crippen LogP contribution in [0.25, 0.3) is 0 Å². The minimum absolute atomic E-state index is 0.680. The van der Waals surface area contributed by atoms with E-state index in [1.807, 2.05) is 0 Å². The van der Waals surface area contributed by atoms with Crippen LogP contribution in [-0.4, -0.2) is 127 Å². The lowest BCUT2D eigenvalue weighted by Gasteiger charge is -2.43. The first-order valence-corrected chi connectivity index (χ1v) is 17.4. The van der Waals surface area contributed by atoms with E-state index in [0.29, 0.717) is 0 Å². The van der Waals surface area contributed by atoms with E-state index >= 15 is 17.6 Å². The zero-order valence-electron chi connectivity index (χ0n) is 33.9. The quantitative estimate of drug-likeness (QED) is 0.0712. The largest absolute Gasteiger partial charge is 0.460 e. The second-order valence-corrected chi connectivity index (χ2v) is 14.4. The third kappa shape index (κ3) is 11.0. The topological polar surface area (TPSA) is 112 Å². The van der Waals surface area contributed by atoms with Crippen LogP contribution in [0.15, 0.2) is 42.5 Å².